The van der Waals surface area contributed by atoms with Gasteiger partial charge in [-0.3, -0.25) is 14.5 Å². The highest BCUT2D eigenvalue weighted by atomic mass is 32.2. The van der Waals surface area contributed by atoms with E-state index < -0.39 is 10.0 Å². The number of rotatable bonds is 6. The van der Waals surface area contributed by atoms with Crippen LogP contribution in [0.15, 0.2) is 60.9 Å². The lowest BCUT2D eigenvalue weighted by molar-refractivity contribution is 0.0963. The highest BCUT2D eigenvalue weighted by molar-refractivity contribution is 7.92. The van der Waals surface area contributed by atoms with E-state index in [-0.39, 0.29) is 11.8 Å². The Morgan fingerprint density at radius 3 is 2.69 bits per heavy atom. The molecule has 0 fully saturated rings. The minimum Gasteiger partial charge on any atom is -0.370 e. The Hall–Kier alpha value is -3.13. The fourth-order valence-corrected chi connectivity index (χ4v) is 3.37. The molecule has 0 aliphatic heterocycles. The van der Waals surface area contributed by atoms with Gasteiger partial charge in [0.25, 0.3) is 15.9 Å². The molecule has 8 heteroatoms. The first kappa shape index (κ1) is 17.7. The molecule has 0 atom stereocenters. The fraction of sp³-hybridized carbons (Fsp3) is 0.111. The van der Waals surface area contributed by atoms with Crippen molar-refractivity contribution < 1.29 is 13.2 Å². The molecule has 0 saturated heterocycles. The van der Waals surface area contributed by atoms with Gasteiger partial charge in [-0.15, -0.1) is 0 Å². The van der Waals surface area contributed by atoms with Crippen LogP contribution in [-0.2, 0) is 10.0 Å². The number of carbonyl (C=O) groups is 1. The summed E-state index contributed by atoms with van der Waals surface area (Å²) in [7, 11) is -2.08. The molecule has 7 nitrogen and oxygen atoms in total. The molecule has 0 spiro atoms. The largest absolute Gasteiger partial charge is 0.370 e. The van der Waals surface area contributed by atoms with Crippen LogP contribution in [0.5, 0.6) is 0 Å². The van der Waals surface area contributed by atoms with Gasteiger partial charge in [-0.1, -0.05) is 12.1 Å². The van der Waals surface area contributed by atoms with E-state index in [0.717, 1.165) is 10.8 Å². The summed E-state index contributed by atoms with van der Waals surface area (Å²) in [6.45, 7) is 0. The van der Waals surface area contributed by atoms with Gasteiger partial charge in [0.1, 0.15) is 5.88 Å². The van der Waals surface area contributed by atoms with Crippen molar-refractivity contribution in [3.05, 3.63) is 66.5 Å². The Labute approximate surface area is 151 Å². The van der Waals surface area contributed by atoms with E-state index in [0.29, 0.717) is 16.9 Å². The first-order valence-corrected chi connectivity index (χ1v) is 9.52. The zero-order chi connectivity index (χ0) is 18.6. The van der Waals surface area contributed by atoms with E-state index in [4.69, 9.17) is 0 Å². The van der Waals surface area contributed by atoms with E-state index in [9.17, 15) is 13.2 Å². The summed E-state index contributed by atoms with van der Waals surface area (Å²) in [4.78, 5) is 15.7. The quantitative estimate of drug-likeness (QED) is 0.619. The second-order valence-corrected chi connectivity index (χ2v) is 7.36. The first-order chi connectivity index (χ1) is 12.5. The van der Waals surface area contributed by atoms with Crippen LogP contribution < -0.4 is 15.4 Å². The third kappa shape index (κ3) is 4.28. The Morgan fingerprint density at radius 1 is 1.04 bits per heavy atom. The van der Waals surface area contributed by atoms with Crippen LogP contribution in [0.1, 0.15) is 10.4 Å². The summed E-state index contributed by atoms with van der Waals surface area (Å²) in [6.07, 6.45) is 3.37. The number of amides is 1. The molecule has 0 saturated carbocycles. The standard InChI is InChI=1S/C18H18N4O3S/c1-19-18(23)14-3-2-4-16(10-14)21-12-26(24,25)22-17-6-5-15-11-20-8-7-13(15)9-17/h2-11,21-22H,12H2,1H3,(H,19,23). The van der Waals surface area contributed by atoms with Crippen LogP contribution in [0.25, 0.3) is 10.8 Å². The molecule has 1 aromatic heterocycles. The average molecular weight is 370 g/mol. The molecular weight excluding hydrogens is 352 g/mol. The molecule has 2 aromatic carbocycles. The Morgan fingerprint density at radius 2 is 1.88 bits per heavy atom. The number of anilines is 2. The van der Waals surface area contributed by atoms with Crippen LogP contribution in [0, 0.1) is 0 Å². The number of sulfonamides is 1. The number of aromatic nitrogens is 1. The third-order valence-electron chi connectivity index (χ3n) is 3.73. The maximum absolute atomic E-state index is 12.3. The van der Waals surface area contributed by atoms with Gasteiger partial charge in [0.15, 0.2) is 0 Å². The zero-order valence-corrected chi connectivity index (χ0v) is 14.9. The number of pyridine rings is 1. The van der Waals surface area contributed by atoms with Gasteiger partial charge in [-0.25, -0.2) is 8.42 Å². The SMILES string of the molecule is CNC(=O)c1cccc(NCS(=O)(=O)Nc2ccc3cnccc3c2)c1. The summed E-state index contributed by atoms with van der Waals surface area (Å²) in [5.41, 5.74) is 1.47. The normalized spacial score (nSPS) is 11.1. The highest BCUT2D eigenvalue weighted by Crippen LogP contribution is 2.19. The van der Waals surface area contributed by atoms with Crippen LogP contribution >= 0.6 is 0 Å². The molecule has 3 rings (SSSR count). The predicted octanol–water partition coefficient (Wildman–Crippen LogP) is 2.41. The zero-order valence-electron chi connectivity index (χ0n) is 14.1. The third-order valence-corrected chi connectivity index (χ3v) is 4.80. The number of nitrogens with zero attached hydrogens (tertiary/aromatic N) is 1. The molecular formula is C18H18N4O3S. The van der Waals surface area contributed by atoms with Crippen molar-refractivity contribution in [3.8, 4) is 0 Å². The van der Waals surface area contributed by atoms with Crippen molar-refractivity contribution in [1.29, 1.82) is 0 Å². The number of hydrogen-bond donors (Lipinski definition) is 3. The number of hydrogen-bond acceptors (Lipinski definition) is 5. The van der Waals surface area contributed by atoms with Gasteiger partial charge in [0.2, 0.25) is 0 Å². The molecule has 134 valence electrons. The lowest BCUT2D eigenvalue weighted by atomic mass is 10.2. The molecule has 0 aliphatic rings. The van der Waals surface area contributed by atoms with Crippen LogP contribution in [0.2, 0.25) is 0 Å². The molecule has 0 bridgehead atoms. The van der Waals surface area contributed by atoms with Gasteiger partial charge in [0.05, 0.1) is 0 Å². The van der Waals surface area contributed by atoms with Gasteiger partial charge >= 0.3 is 0 Å². The van der Waals surface area contributed by atoms with Gasteiger partial charge in [0, 0.05) is 41.8 Å². The number of carbonyl (C=O) groups excluding carboxylic acids is 1. The molecule has 0 aliphatic carbocycles. The summed E-state index contributed by atoms with van der Waals surface area (Å²) in [5, 5.41) is 7.17. The fourth-order valence-electron chi connectivity index (χ4n) is 2.46. The molecule has 1 heterocycles. The minimum atomic E-state index is -3.62. The van der Waals surface area contributed by atoms with Crippen molar-refractivity contribution in [2.75, 3.05) is 23.0 Å². The Balaban J connectivity index is 1.69. The van der Waals surface area contributed by atoms with Crippen molar-refractivity contribution in [3.63, 3.8) is 0 Å². The van der Waals surface area contributed by atoms with E-state index in [1.165, 1.54) is 7.05 Å². The molecule has 3 aromatic rings. The highest BCUT2D eigenvalue weighted by Gasteiger charge is 2.11. The number of benzene rings is 2. The Kier molecular flexibility index (Phi) is 5.04. The van der Waals surface area contributed by atoms with Gasteiger partial charge in [-0.2, -0.15) is 0 Å². The van der Waals surface area contributed by atoms with E-state index in [1.807, 2.05) is 6.07 Å². The summed E-state index contributed by atoms with van der Waals surface area (Å²) >= 11 is 0. The topological polar surface area (TPSA) is 100 Å². The maximum atomic E-state index is 12.3. The molecule has 26 heavy (non-hydrogen) atoms. The monoisotopic (exact) mass is 370 g/mol. The van der Waals surface area contributed by atoms with Crippen molar-refractivity contribution in [1.82, 2.24) is 10.3 Å². The second kappa shape index (κ2) is 7.40. The molecule has 1 amide bonds. The van der Waals surface area contributed by atoms with Gasteiger partial charge < -0.3 is 10.6 Å². The smallest absolute Gasteiger partial charge is 0.251 e. The first-order valence-electron chi connectivity index (χ1n) is 7.87. The molecule has 3 N–H and O–H groups in total. The average Bonchev–Trinajstić information content (AvgIpc) is 2.65. The van der Waals surface area contributed by atoms with E-state index in [1.54, 1.807) is 54.9 Å². The summed E-state index contributed by atoms with van der Waals surface area (Å²) < 4.78 is 27.2. The molecule has 0 unspecified atom stereocenters. The number of nitrogens with one attached hydrogen (secondary N) is 3. The van der Waals surface area contributed by atoms with Crippen molar-refractivity contribution in [2.24, 2.45) is 0 Å². The number of fused-ring (bicyclic) bond motifs is 1. The van der Waals surface area contributed by atoms with Gasteiger partial charge in [-0.05, 0) is 41.8 Å². The van der Waals surface area contributed by atoms with Crippen LogP contribution in [0.4, 0.5) is 11.4 Å². The van der Waals surface area contributed by atoms with E-state index >= 15 is 0 Å². The van der Waals surface area contributed by atoms with Crippen molar-refractivity contribution >= 4 is 38.1 Å². The van der Waals surface area contributed by atoms with Crippen LogP contribution in [-0.4, -0.2) is 32.2 Å². The summed E-state index contributed by atoms with van der Waals surface area (Å²) in [6, 6.07) is 13.7. The predicted molar refractivity (Wildman–Crippen MR) is 103 cm³/mol. The molecule has 0 radical (unpaired) electrons. The van der Waals surface area contributed by atoms with Crippen molar-refractivity contribution in [2.45, 2.75) is 0 Å². The lowest BCUT2D eigenvalue weighted by Crippen LogP contribution is -2.22. The second-order valence-electron chi connectivity index (χ2n) is 5.64. The summed E-state index contributed by atoms with van der Waals surface area (Å²) in [5.74, 6) is -0.557. The van der Waals surface area contributed by atoms with Crippen LogP contribution in [0.3, 0.4) is 0 Å². The lowest BCUT2D eigenvalue weighted by Gasteiger charge is -2.11. The Bertz CT molecular complexity index is 1050. The maximum Gasteiger partial charge on any atom is 0.251 e. The van der Waals surface area contributed by atoms with E-state index in [2.05, 4.69) is 20.3 Å². The minimum absolute atomic E-state index is 0.236.